The molecule has 0 saturated heterocycles. The molecule has 118 valence electrons. The standard InChI is InChI=1S/C19H14BrN3O/c1-12-17(16-4-2-3-5-18(16)22-12)10-13(11-21)19(24)23-15-8-6-14(20)7-9-15/h2-10,22H,1H3,(H,23,24)/b13-10-. The van der Waals surface area contributed by atoms with E-state index >= 15 is 0 Å². The van der Waals surface area contributed by atoms with Gasteiger partial charge in [0.1, 0.15) is 11.6 Å². The van der Waals surface area contributed by atoms with Crippen LogP contribution in [-0.2, 0) is 4.79 Å². The number of H-pyrrole nitrogens is 1. The molecule has 1 heterocycles. The zero-order valence-corrected chi connectivity index (χ0v) is 14.5. The average molecular weight is 380 g/mol. The first-order chi connectivity index (χ1) is 11.6. The number of carbonyl (C=O) groups is 1. The Bertz CT molecular complexity index is 978. The van der Waals surface area contributed by atoms with E-state index in [9.17, 15) is 10.1 Å². The molecule has 5 heteroatoms. The number of aromatic amines is 1. The molecule has 2 aromatic carbocycles. The Labute approximate surface area is 147 Å². The van der Waals surface area contributed by atoms with Crippen LogP contribution in [0.4, 0.5) is 5.69 Å². The molecule has 0 fully saturated rings. The number of halogens is 1. The number of amides is 1. The maximum absolute atomic E-state index is 12.4. The Kier molecular flexibility index (Phi) is 4.50. The largest absolute Gasteiger partial charge is 0.358 e. The molecule has 0 atom stereocenters. The van der Waals surface area contributed by atoms with Crippen LogP contribution < -0.4 is 5.32 Å². The lowest BCUT2D eigenvalue weighted by atomic mass is 10.1. The molecule has 0 spiro atoms. The molecule has 1 aromatic heterocycles. The van der Waals surface area contributed by atoms with E-state index in [4.69, 9.17) is 0 Å². The zero-order valence-electron chi connectivity index (χ0n) is 12.9. The number of rotatable bonds is 3. The summed E-state index contributed by atoms with van der Waals surface area (Å²) in [6.07, 6.45) is 1.63. The molecule has 1 amide bonds. The molecule has 0 aliphatic rings. The van der Waals surface area contributed by atoms with Crippen LogP contribution >= 0.6 is 15.9 Å². The predicted octanol–water partition coefficient (Wildman–Crippen LogP) is 4.78. The molecule has 0 saturated carbocycles. The quantitative estimate of drug-likeness (QED) is 0.507. The van der Waals surface area contributed by atoms with Crippen LogP contribution in [0, 0.1) is 18.3 Å². The molecule has 3 aromatic rings. The SMILES string of the molecule is Cc1[nH]c2ccccc2c1/C=C(/C#N)C(=O)Nc1ccc(Br)cc1. The van der Waals surface area contributed by atoms with Crippen molar-refractivity contribution in [1.29, 1.82) is 5.26 Å². The molecule has 2 N–H and O–H groups in total. The lowest BCUT2D eigenvalue weighted by Crippen LogP contribution is -2.13. The molecule has 0 unspecified atom stereocenters. The van der Waals surface area contributed by atoms with Gasteiger partial charge in [0.05, 0.1) is 0 Å². The maximum Gasteiger partial charge on any atom is 0.266 e. The number of carbonyl (C=O) groups excluding carboxylic acids is 1. The number of fused-ring (bicyclic) bond motifs is 1. The van der Waals surface area contributed by atoms with Crippen LogP contribution in [0.15, 0.2) is 58.6 Å². The minimum absolute atomic E-state index is 0.0609. The van der Waals surface area contributed by atoms with E-state index in [1.807, 2.05) is 49.4 Å². The number of benzene rings is 2. The summed E-state index contributed by atoms with van der Waals surface area (Å²) in [6, 6.07) is 17.0. The summed E-state index contributed by atoms with van der Waals surface area (Å²) in [5.41, 5.74) is 3.45. The van der Waals surface area contributed by atoms with Gasteiger partial charge in [-0.1, -0.05) is 34.1 Å². The number of para-hydroxylation sites is 1. The predicted molar refractivity (Wildman–Crippen MR) is 99.4 cm³/mol. The molecule has 24 heavy (non-hydrogen) atoms. The van der Waals surface area contributed by atoms with E-state index in [2.05, 4.69) is 26.2 Å². The fourth-order valence-corrected chi connectivity index (χ4v) is 2.77. The number of nitriles is 1. The second-order valence-corrected chi connectivity index (χ2v) is 6.26. The van der Waals surface area contributed by atoms with Gasteiger partial charge in [-0.3, -0.25) is 4.79 Å². The number of nitrogens with zero attached hydrogens (tertiary/aromatic N) is 1. The Morgan fingerprint density at radius 2 is 1.92 bits per heavy atom. The summed E-state index contributed by atoms with van der Waals surface area (Å²) in [4.78, 5) is 15.6. The van der Waals surface area contributed by atoms with Gasteiger partial charge in [-0.15, -0.1) is 0 Å². The third-order valence-electron chi connectivity index (χ3n) is 3.70. The first-order valence-corrected chi connectivity index (χ1v) is 8.14. The van der Waals surface area contributed by atoms with Gasteiger partial charge < -0.3 is 10.3 Å². The van der Waals surface area contributed by atoms with Crippen molar-refractivity contribution in [3.8, 4) is 6.07 Å². The summed E-state index contributed by atoms with van der Waals surface area (Å²) < 4.78 is 0.922. The van der Waals surface area contributed by atoms with Crippen molar-refractivity contribution in [2.24, 2.45) is 0 Å². The van der Waals surface area contributed by atoms with Crippen LogP contribution in [0.3, 0.4) is 0 Å². The summed E-state index contributed by atoms with van der Waals surface area (Å²) in [6.45, 7) is 1.92. The van der Waals surface area contributed by atoms with Gasteiger partial charge in [0.15, 0.2) is 0 Å². The highest BCUT2D eigenvalue weighted by atomic mass is 79.9. The topological polar surface area (TPSA) is 68.7 Å². The van der Waals surface area contributed by atoms with Crippen molar-refractivity contribution >= 4 is 44.5 Å². The summed E-state index contributed by atoms with van der Waals surface area (Å²) in [5.74, 6) is -0.426. The van der Waals surface area contributed by atoms with Gasteiger partial charge in [0.2, 0.25) is 0 Å². The van der Waals surface area contributed by atoms with Crippen LogP contribution in [0.25, 0.3) is 17.0 Å². The van der Waals surface area contributed by atoms with Crippen LogP contribution in [-0.4, -0.2) is 10.9 Å². The van der Waals surface area contributed by atoms with Crippen molar-refractivity contribution in [2.45, 2.75) is 6.92 Å². The van der Waals surface area contributed by atoms with Gasteiger partial charge in [-0.2, -0.15) is 5.26 Å². The Balaban J connectivity index is 1.94. The van der Waals surface area contributed by atoms with E-state index in [0.29, 0.717) is 5.69 Å². The van der Waals surface area contributed by atoms with Gasteiger partial charge in [0, 0.05) is 32.3 Å². The minimum atomic E-state index is -0.426. The Morgan fingerprint density at radius 1 is 1.21 bits per heavy atom. The number of anilines is 1. The molecular formula is C19H14BrN3O. The van der Waals surface area contributed by atoms with E-state index in [-0.39, 0.29) is 5.57 Å². The molecule has 0 aliphatic heterocycles. The van der Waals surface area contributed by atoms with Crippen LogP contribution in [0.2, 0.25) is 0 Å². The third kappa shape index (κ3) is 3.24. The lowest BCUT2D eigenvalue weighted by molar-refractivity contribution is -0.112. The molecular weight excluding hydrogens is 366 g/mol. The smallest absolute Gasteiger partial charge is 0.266 e. The van der Waals surface area contributed by atoms with Crippen molar-refractivity contribution in [3.05, 3.63) is 69.8 Å². The number of hydrogen-bond donors (Lipinski definition) is 2. The maximum atomic E-state index is 12.4. The van der Waals surface area contributed by atoms with Crippen molar-refractivity contribution < 1.29 is 4.79 Å². The Morgan fingerprint density at radius 3 is 2.62 bits per heavy atom. The van der Waals surface area contributed by atoms with Crippen molar-refractivity contribution in [1.82, 2.24) is 4.98 Å². The average Bonchev–Trinajstić information content (AvgIpc) is 2.90. The van der Waals surface area contributed by atoms with Gasteiger partial charge in [-0.05, 0) is 43.3 Å². The fourth-order valence-electron chi connectivity index (χ4n) is 2.51. The number of hydrogen-bond acceptors (Lipinski definition) is 2. The minimum Gasteiger partial charge on any atom is -0.358 e. The third-order valence-corrected chi connectivity index (χ3v) is 4.23. The lowest BCUT2D eigenvalue weighted by Gasteiger charge is -2.04. The molecule has 0 aliphatic carbocycles. The van der Waals surface area contributed by atoms with E-state index in [0.717, 1.165) is 26.6 Å². The highest BCUT2D eigenvalue weighted by Crippen LogP contribution is 2.24. The van der Waals surface area contributed by atoms with Crippen molar-refractivity contribution in [2.75, 3.05) is 5.32 Å². The van der Waals surface area contributed by atoms with Gasteiger partial charge in [0.25, 0.3) is 5.91 Å². The first-order valence-electron chi connectivity index (χ1n) is 7.34. The van der Waals surface area contributed by atoms with Gasteiger partial charge >= 0.3 is 0 Å². The van der Waals surface area contributed by atoms with Crippen molar-refractivity contribution in [3.63, 3.8) is 0 Å². The molecule has 4 nitrogen and oxygen atoms in total. The normalized spacial score (nSPS) is 11.3. The van der Waals surface area contributed by atoms with Crippen LogP contribution in [0.5, 0.6) is 0 Å². The number of aryl methyl sites for hydroxylation is 1. The van der Waals surface area contributed by atoms with Gasteiger partial charge in [-0.25, -0.2) is 0 Å². The first kappa shape index (κ1) is 16.0. The fraction of sp³-hybridized carbons (Fsp3) is 0.0526. The van der Waals surface area contributed by atoms with E-state index in [1.165, 1.54) is 0 Å². The Hall–Kier alpha value is -2.84. The number of aromatic nitrogens is 1. The second kappa shape index (κ2) is 6.73. The number of nitrogens with one attached hydrogen (secondary N) is 2. The monoisotopic (exact) mass is 379 g/mol. The molecule has 0 radical (unpaired) electrons. The summed E-state index contributed by atoms with van der Waals surface area (Å²) >= 11 is 3.35. The van der Waals surface area contributed by atoms with E-state index in [1.54, 1.807) is 18.2 Å². The summed E-state index contributed by atoms with van der Waals surface area (Å²) in [7, 11) is 0. The highest BCUT2D eigenvalue weighted by molar-refractivity contribution is 9.10. The summed E-state index contributed by atoms with van der Waals surface area (Å²) in [5, 5.41) is 13.1. The highest BCUT2D eigenvalue weighted by Gasteiger charge is 2.13. The van der Waals surface area contributed by atoms with Crippen LogP contribution in [0.1, 0.15) is 11.3 Å². The molecule has 3 rings (SSSR count). The molecule has 0 bridgehead atoms. The van der Waals surface area contributed by atoms with E-state index < -0.39 is 5.91 Å². The zero-order chi connectivity index (χ0) is 17.1. The second-order valence-electron chi connectivity index (χ2n) is 5.34.